The zero-order valence-electron chi connectivity index (χ0n) is 12.5. The van der Waals surface area contributed by atoms with Crippen molar-refractivity contribution in [3.8, 4) is 0 Å². The molecule has 17 heavy (non-hydrogen) atoms. The van der Waals surface area contributed by atoms with E-state index in [9.17, 15) is 9.59 Å². The van der Waals surface area contributed by atoms with Crippen LogP contribution in [0.3, 0.4) is 0 Å². The molecule has 102 valence electrons. The summed E-state index contributed by atoms with van der Waals surface area (Å²) < 4.78 is 0. The minimum atomic E-state index is 0.204. The highest BCUT2D eigenvalue weighted by molar-refractivity contribution is 5.82. The van der Waals surface area contributed by atoms with E-state index in [0.717, 1.165) is 12.8 Å². The molecule has 0 amide bonds. The Balaban J connectivity index is 0. The van der Waals surface area contributed by atoms with Crippen molar-refractivity contribution >= 4 is 11.6 Å². The fourth-order valence-electron chi connectivity index (χ4n) is 1.47. The molecule has 0 saturated carbocycles. The molecule has 0 aromatic rings. The third-order valence-corrected chi connectivity index (χ3v) is 2.52. The van der Waals surface area contributed by atoms with Crippen molar-refractivity contribution in [1.82, 2.24) is 0 Å². The second-order valence-corrected chi connectivity index (χ2v) is 5.22. The summed E-state index contributed by atoms with van der Waals surface area (Å²) in [6.07, 6.45) is 5.60. The lowest BCUT2D eigenvalue weighted by Gasteiger charge is -2.05. The number of carbonyl (C=O) groups excluding carboxylic acids is 2. The standard InChI is InChI=1S/C8H16O.C7H14O/c1-3-4-5-6-7-8(2)9;1-5(2)7(8)6(3)4/h3-7H2,1-2H3;5-6H,1-4H3. The van der Waals surface area contributed by atoms with Crippen LogP contribution in [0, 0.1) is 11.8 Å². The lowest BCUT2D eigenvalue weighted by molar-refractivity contribution is -0.124. The van der Waals surface area contributed by atoms with Gasteiger partial charge in [-0.05, 0) is 13.3 Å². The minimum Gasteiger partial charge on any atom is -0.300 e. The molecule has 0 atom stereocenters. The first kappa shape index (κ1) is 18.7. The molecule has 0 unspecified atom stereocenters. The van der Waals surface area contributed by atoms with E-state index in [2.05, 4.69) is 6.92 Å². The molecule has 0 aliphatic carbocycles. The fourth-order valence-corrected chi connectivity index (χ4v) is 1.47. The Morgan fingerprint density at radius 1 is 0.882 bits per heavy atom. The van der Waals surface area contributed by atoms with Gasteiger partial charge in [0.15, 0.2) is 0 Å². The van der Waals surface area contributed by atoms with Gasteiger partial charge in [-0.3, -0.25) is 4.79 Å². The lowest BCUT2D eigenvalue weighted by atomic mass is 9.99. The SMILES string of the molecule is CC(C)C(=O)C(C)C.CCCCCCC(C)=O. The Bertz CT molecular complexity index is 195. The maximum absolute atomic E-state index is 10.8. The quantitative estimate of drug-likeness (QED) is 0.619. The topological polar surface area (TPSA) is 34.1 Å². The Kier molecular flexibility index (Phi) is 13.0. The molecule has 0 rings (SSSR count). The van der Waals surface area contributed by atoms with E-state index in [1.165, 1.54) is 19.3 Å². The first-order valence-electron chi connectivity index (χ1n) is 6.86. The summed E-state index contributed by atoms with van der Waals surface area (Å²) in [5.41, 5.74) is 0. The summed E-state index contributed by atoms with van der Waals surface area (Å²) in [7, 11) is 0. The number of unbranched alkanes of at least 4 members (excludes halogenated alkanes) is 3. The monoisotopic (exact) mass is 242 g/mol. The fraction of sp³-hybridized carbons (Fsp3) is 0.867. The van der Waals surface area contributed by atoms with Crippen LogP contribution in [0.5, 0.6) is 0 Å². The lowest BCUT2D eigenvalue weighted by Crippen LogP contribution is -2.13. The molecule has 0 N–H and O–H groups in total. The van der Waals surface area contributed by atoms with Crippen LogP contribution in [-0.2, 0) is 9.59 Å². The number of Topliss-reactive ketones (excluding diaryl/α,β-unsaturated/α-hetero) is 2. The van der Waals surface area contributed by atoms with E-state index in [1.54, 1.807) is 6.92 Å². The van der Waals surface area contributed by atoms with E-state index in [1.807, 2.05) is 27.7 Å². The van der Waals surface area contributed by atoms with Gasteiger partial charge in [-0.1, -0.05) is 53.9 Å². The van der Waals surface area contributed by atoms with E-state index < -0.39 is 0 Å². The van der Waals surface area contributed by atoms with Gasteiger partial charge in [0.2, 0.25) is 0 Å². The highest BCUT2D eigenvalue weighted by atomic mass is 16.1. The molecule has 0 aromatic heterocycles. The van der Waals surface area contributed by atoms with E-state index in [0.29, 0.717) is 11.6 Å². The van der Waals surface area contributed by atoms with Crippen LogP contribution in [0.4, 0.5) is 0 Å². The largest absolute Gasteiger partial charge is 0.300 e. The molecule has 2 heteroatoms. The zero-order chi connectivity index (χ0) is 13.8. The van der Waals surface area contributed by atoms with Gasteiger partial charge in [0.05, 0.1) is 0 Å². The Morgan fingerprint density at radius 3 is 1.59 bits per heavy atom. The van der Waals surface area contributed by atoms with Crippen molar-refractivity contribution in [2.24, 2.45) is 11.8 Å². The normalized spacial score (nSPS) is 10.1. The highest BCUT2D eigenvalue weighted by Gasteiger charge is 2.09. The summed E-state index contributed by atoms with van der Waals surface area (Å²) in [6.45, 7) is 11.6. The summed E-state index contributed by atoms with van der Waals surface area (Å²) in [5.74, 6) is 1.08. The molecule has 0 saturated heterocycles. The molecule has 0 radical (unpaired) electrons. The predicted octanol–water partition coefficient (Wildman–Crippen LogP) is 4.41. The number of rotatable bonds is 7. The summed E-state index contributed by atoms with van der Waals surface area (Å²) in [4.78, 5) is 21.2. The Hall–Kier alpha value is -0.660. The van der Waals surface area contributed by atoms with Crippen molar-refractivity contribution in [1.29, 1.82) is 0 Å². The number of carbonyl (C=O) groups is 2. The molecular weight excluding hydrogens is 212 g/mol. The molecule has 0 aliphatic heterocycles. The second-order valence-electron chi connectivity index (χ2n) is 5.22. The highest BCUT2D eigenvalue weighted by Crippen LogP contribution is 2.03. The molecule has 0 spiro atoms. The van der Waals surface area contributed by atoms with Gasteiger partial charge in [-0.15, -0.1) is 0 Å². The van der Waals surface area contributed by atoms with E-state index >= 15 is 0 Å². The van der Waals surface area contributed by atoms with Crippen LogP contribution in [0.25, 0.3) is 0 Å². The van der Waals surface area contributed by atoms with Crippen LogP contribution in [-0.4, -0.2) is 11.6 Å². The van der Waals surface area contributed by atoms with Crippen molar-refractivity contribution in [3.63, 3.8) is 0 Å². The molecular formula is C15H30O2. The van der Waals surface area contributed by atoms with Crippen LogP contribution in [0.15, 0.2) is 0 Å². The third-order valence-electron chi connectivity index (χ3n) is 2.52. The number of hydrogen-bond donors (Lipinski definition) is 0. The molecule has 0 bridgehead atoms. The van der Waals surface area contributed by atoms with Gasteiger partial charge >= 0.3 is 0 Å². The minimum absolute atomic E-state index is 0.204. The van der Waals surface area contributed by atoms with Crippen molar-refractivity contribution in [3.05, 3.63) is 0 Å². The first-order chi connectivity index (χ1) is 7.82. The van der Waals surface area contributed by atoms with Crippen molar-refractivity contribution in [2.45, 2.75) is 73.6 Å². The van der Waals surface area contributed by atoms with Gasteiger partial charge in [0.25, 0.3) is 0 Å². The van der Waals surface area contributed by atoms with Gasteiger partial charge in [0.1, 0.15) is 11.6 Å². The average molecular weight is 242 g/mol. The van der Waals surface area contributed by atoms with Crippen LogP contribution in [0.1, 0.15) is 73.6 Å². The van der Waals surface area contributed by atoms with Crippen LogP contribution in [0.2, 0.25) is 0 Å². The molecule has 0 fully saturated rings. The summed E-state index contributed by atoms with van der Waals surface area (Å²) in [6, 6.07) is 0. The molecule has 2 nitrogen and oxygen atoms in total. The zero-order valence-corrected chi connectivity index (χ0v) is 12.5. The second kappa shape index (κ2) is 11.8. The number of hydrogen-bond acceptors (Lipinski definition) is 2. The van der Waals surface area contributed by atoms with Gasteiger partial charge < -0.3 is 4.79 Å². The van der Waals surface area contributed by atoms with Gasteiger partial charge in [0, 0.05) is 18.3 Å². The molecule has 0 aromatic carbocycles. The van der Waals surface area contributed by atoms with E-state index in [-0.39, 0.29) is 11.8 Å². The predicted molar refractivity (Wildman–Crippen MR) is 74.1 cm³/mol. The molecule has 0 heterocycles. The Morgan fingerprint density at radius 2 is 1.35 bits per heavy atom. The van der Waals surface area contributed by atoms with Gasteiger partial charge in [-0.2, -0.15) is 0 Å². The summed E-state index contributed by atoms with van der Waals surface area (Å²) >= 11 is 0. The van der Waals surface area contributed by atoms with Crippen LogP contribution >= 0.6 is 0 Å². The maximum Gasteiger partial charge on any atom is 0.137 e. The first-order valence-corrected chi connectivity index (χ1v) is 6.86. The van der Waals surface area contributed by atoms with Crippen molar-refractivity contribution < 1.29 is 9.59 Å². The van der Waals surface area contributed by atoms with Crippen molar-refractivity contribution in [2.75, 3.05) is 0 Å². The smallest absolute Gasteiger partial charge is 0.137 e. The maximum atomic E-state index is 10.8. The number of ketones is 2. The Labute approximate surface area is 107 Å². The molecule has 0 aliphatic rings. The van der Waals surface area contributed by atoms with E-state index in [4.69, 9.17) is 0 Å². The average Bonchev–Trinajstić information content (AvgIpc) is 2.23. The van der Waals surface area contributed by atoms with Gasteiger partial charge in [-0.25, -0.2) is 0 Å². The third kappa shape index (κ3) is 15.3. The summed E-state index contributed by atoms with van der Waals surface area (Å²) in [5, 5.41) is 0. The van der Waals surface area contributed by atoms with Crippen LogP contribution < -0.4 is 0 Å².